The van der Waals surface area contributed by atoms with Crippen LogP contribution in [0.15, 0.2) is 24.3 Å². The Balaban J connectivity index is 1.49. The van der Waals surface area contributed by atoms with Gasteiger partial charge >= 0.3 is 5.97 Å². The summed E-state index contributed by atoms with van der Waals surface area (Å²) in [6.07, 6.45) is 2.90. The number of carbonyl (C=O) groups is 2. The maximum absolute atomic E-state index is 13.1. The summed E-state index contributed by atoms with van der Waals surface area (Å²) in [7, 11) is 0. The predicted molar refractivity (Wildman–Crippen MR) is 75.6 cm³/mol. The average Bonchev–Trinajstić information content (AvgIpc) is 3.19. The first-order chi connectivity index (χ1) is 10.2. The van der Waals surface area contributed by atoms with Gasteiger partial charge in [0.15, 0.2) is 0 Å². The first-order valence-electron chi connectivity index (χ1n) is 7.84. The summed E-state index contributed by atoms with van der Waals surface area (Å²) in [5, 5.41) is 0. The van der Waals surface area contributed by atoms with Crippen molar-refractivity contribution in [2.45, 2.75) is 25.4 Å². The Hall–Kier alpha value is -1.84. The number of rotatable bonds is 1. The Morgan fingerprint density at radius 3 is 3.00 bits per heavy atom. The van der Waals surface area contributed by atoms with E-state index in [1.807, 2.05) is 23.1 Å². The average molecular weight is 283 g/mol. The second kappa shape index (κ2) is 3.87. The molecule has 4 nitrogen and oxygen atoms in total. The molecular formula is C17H17NO3. The summed E-state index contributed by atoms with van der Waals surface area (Å²) in [6.45, 7) is 0.747. The number of amides is 1. The topological polar surface area (TPSA) is 46.6 Å². The maximum Gasteiger partial charge on any atom is 0.310 e. The van der Waals surface area contributed by atoms with Crippen LogP contribution < -0.4 is 4.90 Å². The third-order valence-electron chi connectivity index (χ3n) is 5.92. The zero-order chi connectivity index (χ0) is 14.1. The number of anilines is 1. The number of hydrogen-bond acceptors (Lipinski definition) is 3. The van der Waals surface area contributed by atoms with Gasteiger partial charge in [-0.1, -0.05) is 18.2 Å². The van der Waals surface area contributed by atoms with Gasteiger partial charge in [0, 0.05) is 18.2 Å². The Kier molecular flexibility index (Phi) is 2.17. The summed E-state index contributed by atoms with van der Waals surface area (Å²) in [5.74, 6) is 0.345. The first kappa shape index (κ1) is 11.8. The Labute approximate surface area is 123 Å². The molecule has 2 saturated carbocycles. The highest BCUT2D eigenvalue weighted by Crippen LogP contribution is 2.58. The van der Waals surface area contributed by atoms with Crippen LogP contribution in [0.1, 0.15) is 18.4 Å². The van der Waals surface area contributed by atoms with E-state index in [9.17, 15) is 9.59 Å². The van der Waals surface area contributed by atoms with Crippen molar-refractivity contribution in [3.63, 3.8) is 0 Å². The van der Waals surface area contributed by atoms with Crippen LogP contribution in [0.2, 0.25) is 0 Å². The zero-order valence-corrected chi connectivity index (χ0v) is 11.7. The third-order valence-corrected chi connectivity index (χ3v) is 5.92. The minimum atomic E-state index is -0.172. The lowest BCUT2D eigenvalue weighted by molar-refractivity contribution is -0.145. The van der Waals surface area contributed by atoms with Crippen molar-refractivity contribution in [1.82, 2.24) is 0 Å². The molecule has 0 N–H and O–H groups in total. The van der Waals surface area contributed by atoms with Gasteiger partial charge in [-0.05, 0) is 36.8 Å². The minimum absolute atomic E-state index is 0.0995. The summed E-state index contributed by atoms with van der Waals surface area (Å²) in [5.41, 5.74) is 2.27. The molecule has 2 heterocycles. The normalized spacial score (nSPS) is 38.8. The molecule has 1 saturated heterocycles. The van der Waals surface area contributed by atoms with Gasteiger partial charge in [0.2, 0.25) is 5.91 Å². The van der Waals surface area contributed by atoms with Crippen LogP contribution in [0, 0.1) is 23.7 Å². The van der Waals surface area contributed by atoms with Crippen LogP contribution in [0.3, 0.4) is 0 Å². The van der Waals surface area contributed by atoms with Crippen LogP contribution in [-0.2, 0) is 20.7 Å². The Morgan fingerprint density at radius 1 is 1.24 bits per heavy atom. The molecule has 1 aromatic rings. The van der Waals surface area contributed by atoms with Crippen molar-refractivity contribution < 1.29 is 14.3 Å². The van der Waals surface area contributed by atoms with E-state index < -0.39 is 0 Å². The van der Waals surface area contributed by atoms with Crippen molar-refractivity contribution >= 4 is 17.6 Å². The van der Waals surface area contributed by atoms with Gasteiger partial charge in [-0.3, -0.25) is 9.59 Å². The number of nitrogens with zero attached hydrogens (tertiary/aromatic N) is 1. The summed E-state index contributed by atoms with van der Waals surface area (Å²) in [6, 6.07) is 8.10. The fourth-order valence-corrected chi connectivity index (χ4v) is 5.09. The fraction of sp³-hybridized carbons (Fsp3) is 0.529. The highest BCUT2D eigenvalue weighted by atomic mass is 16.6. The monoisotopic (exact) mass is 283 g/mol. The van der Waals surface area contributed by atoms with Gasteiger partial charge in [-0.2, -0.15) is 0 Å². The van der Waals surface area contributed by atoms with Crippen molar-refractivity contribution in [3.05, 3.63) is 29.8 Å². The number of fused-ring (bicyclic) bond motifs is 2. The smallest absolute Gasteiger partial charge is 0.310 e. The van der Waals surface area contributed by atoms with E-state index in [1.54, 1.807) is 0 Å². The molecule has 1 amide bonds. The van der Waals surface area contributed by atoms with Crippen molar-refractivity contribution in [1.29, 1.82) is 0 Å². The number of hydrogen-bond donors (Lipinski definition) is 0. The Morgan fingerprint density at radius 2 is 2.10 bits per heavy atom. The summed E-state index contributed by atoms with van der Waals surface area (Å²) in [4.78, 5) is 27.0. The van der Waals surface area contributed by atoms with Crippen LogP contribution in [0.25, 0.3) is 0 Å². The van der Waals surface area contributed by atoms with E-state index in [4.69, 9.17) is 4.74 Å². The zero-order valence-electron chi connectivity index (χ0n) is 11.7. The lowest BCUT2D eigenvalue weighted by atomic mass is 9.79. The van der Waals surface area contributed by atoms with E-state index in [1.165, 1.54) is 5.56 Å². The van der Waals surface area contributed by atoms with Crippen LogP contribution in [0.4, 0.5) is 5.69 Å². The molecule has 4 heteroatoms. The van der Waals surface area contributed by atoms with E-state index in [0.29, 0.717) is 11.8 Å². The van der Waals surface area contributed by atoms with Crippen molar-refractivity contribution in [2.75, 3.05) is 11.4 Å². The van der Waals surface area contributed by atoms with Gasteiger partial charge < -0.3 is 9.64 Å². The first-order valence-corrected chi connectivity index (χ1v) is 7.84. The van der Waals surface area contributed by atoms with Crippen LogP contribution in [-0.4, -0.2) is 24.5 Å². The molecule has 5 rings (SSSR count). The molecule has 2 aliphatic carbocycles. The van der Waals surface area contributed by atoms with E-state index in [0.717, 1.165) is 31.5 Å². The van der Waals surface area contributed by atoms with E-state index in [2.05, 4.69) is 6.07 Å². The second-order valence-electron chi connectivity index (χ2n) is 6.79. The van der Waals surface area contributed by atoms with Gasteiger partial charge in [-0.25, -0.2) is 0 Å². The largest absolute Gasteiger partial charge is 0.462 e. The molecule has 2 bridgehead atoms. The highest BCUT2D eigenvalue weighted by Gasteiger charge is 2.64. The van der Waals surface area contributed by atoms with Crippen molar-refractivity contribution in [3.8, 4) is 0 Å². The lowest BCUT2D eigenvalue weighted by Gasteiger charge is -2.28. The van der Waals surface area contributed by atoms with Gasteiger partial charge in [0.25, 0.3) is 0 Å². The van der Waals surface area contributed by atoms with Gasteiger partial charge in [0.1, 0.15) is 6.10 Å². The molecule has 108 valence electrons. The molecule has 0 unspecified atom stereocenters. The summed E-state index contributed by atoms with van der Waals surface area (Å²) >= 11 is 0. The SMILES string of the molecule is O=C1O[C@@H]2C[C@H]3C[C@H]2[C@@H]1[C@H]3C(=O)N1CCc2ccccc21. The molecule has 4 aliphatic rings. The predicted octanol–water partition coefficient (Wildman–Crippen LogP) is 1.77. The second-order valence-corrected chi connectivity index (χ2v) is 6.79. The third kappa shape index (κ3) is 1.40. The molecule has 1 aromatic carbocycles. The molecule has 0 radical (unpaired) electrons. The fourth-order valence-electron chi connectivity index (χ4n) is 5.09. The van der Waals surface area contributed by atoms with Crippen LogP contribution in [0.5, 0.6) is 0 Å². The summed E-state index contributed by atoms with van der Waals surface area (Å²) < 4.78 is 5.44. The van der Waals surface area contributed by atoms with E-state index in [-0.39, 0.29) is 29.8 Å². The van der Waals surface area contributed by atoms with E-state index >= 15 is 0 Å². The van der Waals surface area contributed by atoms with Gasteiger partial charge in [-0.15, -0.1) is 0 Å². The molecule has 5 atom stereocenters. The molecule has 21 heavy (non-hydrogen) atoms. The number of benzene rings is 1. The minimum Gasteiger partial charge on any atom is -0.462 e. The molecule has 0 spiro atoms. The number of ether oxygens (including phenoxy) is 1. The molecule has 3 fully saturated rings. The highest BCUT2D eigenvalue weighted by molar-refractivity contribution is 6.00. The number of para-hydroxylation sites is 1. The molecule has 0 aromatic heterocycles. The number of esters is 1. The number of carbonyl (C=O) groups excluding carboxylic acids is 2. The standard InChI is InChI=1S/C17H17NO3/c19-16(18-6-5-9-3-1-2-4-12(9)18)14-10-7-11-13(8-10)21-17(20)15(11)14/h1-4,10-11,13-15H,5-8H2/t10-,11-,13-,14+,15-/m1/s1. The van der Waals surface area contributed by atoms with Gasteiger partial charge in [0.05, 0.1) is 11.8 Å². The molecule has 2 aliphatic heterocycles. The maximum atomic E-state index is 13.1. The van der Waals surface area contributed by atoms with Crippen LogP contribution >= 0.6 is 0 Å². The molecular weight excluding hydrogens is 266 g/mol. The quantitative estimate of drug-likeness (QED) is 0.738. The lowest BCUT2D eigenvalue weighted by Crippen LogP contribution is -2.42. The van der Waals surface area contributed by atoms with Crippen molar-refractivity contribution in [2.24, 2.45) is 23.7 Å². The Bertz CT molecular complexity index is 653.